The van der Waals surface area contributed by atoms with Crippen LogP contribution < -0.4 is 0 Å². The number of rotatable bonds is 3. The van der Waals surface area contributed by atoms with Gasteiger partial charge in [0.2, 0.25) is 0 Å². The summed E-state index contributed by atoms with van der Waals surface area (Å²) in [4.78, 5) is 0. The van der Waals surface area contributed by atoms with Crippen molar-refractivity contribution in [2.45, 2.75) is 12.8 Å². The Morgan fingerprint density at radius 1 is 0.423 bits per heavy atom. The second kappa shape index (κ2) is 10.4. The third kappa shape index (κ3) is 3.76. The molecule has 0 radical (unpaired) electrons. The Hall–Kier alpha value is -6.78. The summed E-state index contributed by atoms with van der Waals surface area (Å²) in [6.45, 7) is 0. The van der Waals surface area contributed by atoms with Gasteiger partial charge >= 0.3 is 0 Å². The number of para-hydroxylation sites is 4. The van der Waals surface area contributed by atoms with Crippen LogP contribution in [-0.4, -0.2) is 9.13 Å². The fourth-order valence-corrected chi connectivity index (χ4v) is 9.00. The van der Waals surface area contributed by atoms with E-state index in [-0.39, 0.29) is 0 Å². The van der Waals surface area contributed by atoms with Crippen LogP contribution in [0.5, 0.6) is 0 Å². The average Bonchev–Trinajstić information content (AvgIpc) is 3.95. The number of fused-ring (bicyclic) bond motifs is 13. The summed E-state index contributed by atoms with van der Waals surface area (Å²) in [5.41, 5.74) is 13.4. The van der Waals surface area contributed by atoms with E-state index in [0.717, 1.165) is 57.5 Å². The van der Waals surface area contributed by atoms with Gasteiger partial charge in [0.05, 0.1) is 22.1 Å². The lowest BCUT2D eigenvalue weighted by atomic mass is 9.89. The van der Waals surface area contributed by atoms with Crippen molar-refractivity contribution in [2.75, 3.05) is 0 Å². The Bertz CT molecular complexity index is 3290. The van der Waals surface area contributed by atoms with Gasteiger partial charge in [-0.05, 0) is 90.4 Å². The first-order valence-corrected chi connectivity index (χ1v) is 18.0. The molecule has 1 aliphatic rings. The highest BCUT2D eigenvalue weighted by Crippen LogP contribution is 2.45. The molecule has 4 nitrogen and oxygen atoms in total. The van der Waals surface area contributed by atoms with E-state index in [2.05, 4.69) is 155 Å². The highest BCUT2D eigenvalue weighted by molar-refractivity contribution is 6.29. The summed E-state index contributed by atoms with van der Waals surface area (Å²) in [7, 11) is 0. The number of aromatic nitrogens is 2. The van der Waals surface area contributed by atoms with E-state index in [9.17, 15) is 0 Å². The van der Waals surface area contributed by atoms with Crippen molar-refractivity contribution in [3.05, 3.63) is 175 Å². The topological polar surface area (TPSA) is 36.1 Å². The van der Waals surface area contributed by atoms with Crippen molar-refractivity contribution >= 4 is 82.1 Å². The fourth-order valence-electron chi connectivity index (χ4n) is 9.00. The Balaban J connectivity index is 1.21. The second-order valence-electron chi connectivity index (χ2n) is 13.9. The van der Waals surface area contributed by atoms with Gasteiger partial charge in [-0.2, -0.15) is 0 Å². The molecule has 0 saturated heterocycles. The summed E-state index contributed by atoms with van der Waals surface area (Å²) < 4.78 is 17.5. The molecule has 11 aromatic rings. The summed E-state index contributed by atoms with van der Waals surface area (Å²) >= 11 is 0. The molecule has 0 unspecified atom stereocenters. The van der Waals surface area contributed by atoms with Gasteiger partial charge in [-0.1, -0.05) is 84.9 Å². The Morgan fingerprint density at radius 3 is 1.90 bits per heavy atom. The van der Waals surface area contributed by atoms with E-state index in [4.69, 9.17) is 8.83 Å². The van der Waals surface area contributed by atoms with Gasteiger partial charge in [-0.3, -0.25) is 0 Å². The van der Waals surface area contributed by atoms with E-state index < -0.39 is 0 Å². The first-order valence-electron chi connectivity index (χ1n) is 18.0. The third-order valence-corrected chi connectivity index (χ3v) is 11.2. The molecule has 0 amide bonds. The van der Waals surface area contributed by atoms with Crippen LogP contribution in [-0.2, 0) is 6.42 Å². The van der Waals surface area contributed by atoms with Crippen LogP contribution in [0.3, 0.4) is 0 Å². The van der Waals surface area contributed by atoms with Gasteiger partial charge in [0.1, 0.15) is 22.5 Å². The van der Waals surface area contributed by atoms with Gasteiger partial charge in [-0.25, -0.2) is 0 Å². The molecule has 1 aliphatic carbocycles. The molecule has 4 aromatic heterocycles. The van der Waals surface area contributed by atoms with Crippen LogP contribution in [0.4, 0.5) is 0 Å². The number of aryl methyl sites for hydroxylation is 1. The monoisotopic (exact) mass is 666 g/mol. The van der Waals surface area contributed by atoms with Crippen molar-refractivity contribution in [1.29, 1.82) is 0 Å². The molecular formula is C48H30N2O2. The molecule has 0 fully saturated rings. The quantitative estimate of drug-likeness (QED) is 0.188. The molecule has 244 valence electrons. The van der Waals surface area contributed by atoms with Crippen LogP contribution in [0.25, 0.3) is 93.5 Å². The lowest BCUT2D eigenvalue weighted by Gasteiger charge is -2.14. The smallest absolute Gasteiger partial charge is 0.135 e. The Labute approximate surface area is 298 Å². The van der Waals surface area contributed by atoms with E-state index >= 15 is 0 Å². The molecule has 7 aromatic carbocycles. The summed E-state index contributed by atoms with van der Waals surface area (Å²) in [5.74, 6) is 1.08. The van der Waals surface area contributed by atoms with E-state index in [1.54, 1.807) is 0 Å². The number of hydrogen-bond donors (Lipinski definition) is 0. The van der Waals surface area contributed by atoms with Crippen molar-refractivity contribution in [1.82, 2.24) is 9.13 Å². The standard InChI is InChI=1S/C48H30N2O2/c1-2-11-30(12-3-1)49-38-17-7-4-14-34(38)47-40(49)24-25-41-48(47)37-27-29(32-16-10-20-45-46(32)35-15-6-9-19-43(35)52-45)21-23-39(37)50(41)31-22-26-44-36(28-31)33-13-5-8-18-42(33)51-44/h1-9,11-19,21-28H,10,20H2. The molecule has 4 heteroatoms. The van der Waals surface area contributed by atoms with Gasteiger partial charge in [0.25, 0.3) is 0 Å². The summed E-state index contributed by atoms with van der Waals surface area (Å²) in [6, 6.07) is 54.6. The molecule has 12 rings (SSSR count). The number of allylic oxidation sites excluding steroid dienone is 1. The lowest BCUT2D eigenvalue weighted by Crippen LogP contribution is -1.98. The van der Waals surface area contributed by atoms with Crippen molar-refractivity contribution in [2.24, 2.45) is 0 Å². The molecule has 0 spiro atoms. The van der Waals surface area contributed by atoms with E-state index in [1.165, 1.54) is 65.7 Å². The van der Waals surface area contributed by atoms with Crippen molar-refractivity contribution in [3.63, 3.8) is 0 Å². The molecular weight excluding hydrogens is 637 g/mol. The van der Waals surface area contributed by atoms with E-state index in [0.29, 0.717) is 0 Å². The predicted octanol–water partition coefficient (Wildman–Crippen LogP) is 12.9. The zero-order chi connectivity index (χ0) is 33.9. The van der Waals surface area contributed by atoms with Gasteiger partial charge in [-0.15, -0.1) is 0 Å². The first-order chi connectivity index (χ1) is 25.8. The zero-order valence-corrected chi connectivity index (χ0v) is 28.1. The second-order valence-corrected chi connectivity index (χ2v) is 13.9. The number of nitrogens with zero attached hydrogens (tertiary/aromatic N) is 2. The highest BCUT2D eigenvalue weighted by atomic mass is 16.3. The molecule has 4 heterocycles. The minimum Gasteiger partial charge on any atom is -0.460 e. The number of furan rings is 2. The SMILES string of the molecule is C1=C(c2ccc3c(c2)c2c4c5ccccc5n(-c5ccccc5)c4ccc2n3-c2ccc3oc4ccccc4c3c2)c2c(oc3ccccc23)CC1. The lowest BCUT2D eigenvalue weighted by molar-refractivity contribution is 0.545. The molecule has 0 aliphatic heterocycles. The Kier molecular flexibility index (Phi) is 5.58. The molecule has 0 N–H and O–H groups in total. The third-order valence-electron chi connectivity index (χ3n) is 11.2. The molecule has 52 heavy (non-hydrogen) atoms. The van der Waals surface area contributed by atoms with Crippen LogP contribution >= 0.6 is 0 Å². The Morgan fingerprint density at radius 2 is 1.06 bits per heavy atom. The summed E-state index contributed by atoms with van der Waals surface area (Å²) in [6.07, 6.45) is 4.27. The van der Waals surface area contributed by atoms with Crippen molar-refractivity contribution in [3.8, 4) is 11.4 Å². The number of hydrogen-bond acceptors (Lipinski definition) is 2. The maximum Gasteiger partial charge on any atom is 0.135 e. The predicted molar refractivity (Wildman–Crippen MR) is 214 cm³/mol. The van der Waals surface area contributed by atoms with Crippen LogP contribution in [0, 0.1) is 0 Å². The molecule has 0 atom stereocenters. The summed E-state index contributed by atoms with van der Waals surface area (Å²) in [5, 5.41) is 8.42. The average molecular weight is 667 g/mol. The van der Waals surface area contributed by atoms with Gasteiger partial charge < -0.3 is 18.0 Å². The first kappa shape index (κ1) is 28.0. The highest BCUT2D eigenvalue weighted by Gasteiger charge is 2.25. The molecule has 0 saturated carbocycles. The minimum atomic E-state index is 0.897. The van der Waals surface area contributed by atoms with Crippen LogP contribution in [0.1, 0.15) is 23.3 Å². The van der Waals surface area contributed by atoms with Gasteiger partial charge in [0.15, 0.2) is 0 Å². The minimum absolute atomic E-state index is 0.897. The van der Waals surface area contributed by atoms with Crippen LogP contribution in [0.15, 0.2) is 167 Å². The zero-order valence-electron chi connectivity index (χ0n) is 28.1. The normalized spacial score (nSPS) is 13.3. The van der Waals surface area contributed by atoms with E-state index in [1.807, 2.05) is 12.1 Å². The van der Waals surface area contributed by atoms with Gasteiger partial charge in [0, 0.05) is 61.1 Å². The maximum absolute atomic E-state index is 6.42. The molecule has 0 bridgehead atoms. The van der Waals surface area contributed by atoms with Crippen molar-refractivity contribution < 1.29 is 8.83 Å². The largest absolute Gasteiger partial charge is 0.460 e. The fraction of sp³-hybridized carbons (Fsp3) is 0.0417. The van der Waals surface area contributed by atoms with Crippen LogP contribution in [0.2, 0.25) is 0 Å². The maximum atomic E-state index is 6.42. The number of benzene rings is 7.